The molecule has 1 saturated heterocycles. The maximum atomic E-state index is 13.0. The zero-order valence-electron chi connectivity index (χ0n) is 16.7. The lowest BCUT2D eigenvalue weighted by Gasteiger charge is -2.26. The van der Waals surface area contributed by atoms with Gasteiger partial charge in [-0.1, -0.05) is 41.4 Å². The van der Waals surface area contributed by atoms with E-state index in [0.29, 0.717) is 11.6 Å². The van der Waals surface area contributed by atoms with Gasteiger partial charge in [0.2, 0.25) is 15.9 Å². The first-order chi connectivity index (χ1) is 15.4. The Labute approximate surface area is 194 Å². The van der Waals surface area contributed by atoms with Gasteiger partial charge in [0.15, 0.2) is 0 Å². The predicted molar refractivity (Wildman–Crippen MR) is 117 cm³/mol. The Balaban J connectivity index is 1.51. The van der Waals surface area contributed by atoms with Gasteiger partial charge in [0.05, 0.1) is 28.8 Å². The number of rotatable bonds is 6. The van der Waals surface area contributed by atoms with E-state index in [9.17, 15) is 13.2 Å². The van der Waals surface area contributed by atoms with E-state index in [1.165, 1.54) is 16.6 Å². The Morgan fingerprint density at radius 3 is 2.53 bits per heavy atom. The molecule has 0 radical (unpaired) electrons. The second-order valence-corrected chi connectivity index (χ2v) is 9.59. The van der Waals surface area contributed by atoms with Gasteiger partial charge in [-0.25, -0.2) is 18.2 Å². The minimum Gasteiger partial charge on any atom is -0.455 e. The molecule has 2 aromatic carbocycles. The summed E-state index contributed by atoms with van der Waals surface area (Å²) in [5.41, 5.74) is 1.06. The minimum absolute atomic E-state index is 0.0222. The van der Waals surface area contributed by atoms with Gasteiger partial charge in [-0.3, -0.25) is 0 Å². The number of ether oxygens (including phenoxy) is 2. The number of carbonyl (C=O) groups is 1. The summed E-state index contributed by atoms with van der Waals surface area (Å²) in [5, 5.41) is -0.104. The van der Waals surface area contributed by atoms with Gasteiger partial charge >= 0.3 is 5.97 Å². The average molecular weight is 497 g/mol. The number of hydrogen-bond acceptors (Lipinski definition) is 7. The molecular formula is C21H18Cl2N2O6S. The summed E-state index contributed by atoms with van der Waals surface area (Å²) in [6.45, 7) is 0.762. The summed E-state index contributed by atoms with van der Waals surface area (Å²) in [4.78, 5) is 16.7. The van der Waals surface area contributed by atoms with Crippen molar-refractivity contribution in [2.45, 2.75) is 11.5 Å². The number of hydrogen-bond donors (Lipinski definition) is 0. The van der Waals surface area contributed by atoms with Crippen molar-refractivity contribution >= 4 is 39.2 Å². The zero-order chi connectivity index (χ0) is 22.7. The first-order valence-electron chi connectivity index (χ1n) is 9.60. The number of nitrogens with zero attached hydrogens (tertiary/aromatic N) is 2. The van der Waals surface area contributed by atoms with Crippen molar-refractivity contribution in [1.29, 1.82) is 0 Å². The Morgan fingerprint density at radius 2 is 1.81 bits per heavy atom. The van der Waals surface area contributed by atoms with Crippen LogP contribution < -0.4 is 0 Å². The summed E-state index contributed by atoms with van der Waals surface area (Å²) in [6.07, 6.45) is 1.38. The molecule has 1 aromatic heterocycles. The van der Waals surface area contributed by atoms with Crippen LogP contribution in [0.15, 0.2) is 58.0 Å². The number of sulfonamides is 1. The van der Waals surface area contributed by atoms with Gasteiger partial charge in [0.25, 0.3) is 0 Å². The molecule has 0 spiro atoms. The van der Waals surface area contributed by atoms with E-state index in [2.05, 4.69) is 4.98 Å². The number of halogens is 2. The van der Waals surface area contributed by atoms with Crippen LogP contribution in [-0.2, 0) is 26.1 Å². The van der Waals surface area contributed by atoms with E-state index in [-0.39, 0.29) is 53.4 Å². The van der Waals surface area contributed by atoms with Crippen molar-refractivity contribution < 1.29 is 27.1 Å². The van der Waals surface area contributed by atoms with E-state index < -0.39 is 16.0 Å². The molecule has 1 aliphatic heterocycles. The fraction of sp³-hybridized carbons (Fsp3) is 0.238. The molecular weight excluding hydrogens is 479 g/mol. The Hall–Kier alpha value is -2.43. The zero-order valence-corrected chi connectivity index (χ0v) is 19.0. The second-order valence-electron chi connectivity index (χ2n) is 6.87. The number of aromatic nitrogens is 1. The van der Waals surface area contributed by atoms with Crippen LogP contribution in [0.25, 0.3) is 11.5 Å². The van der Waals surface area contributed by atoms with Crippen LogP contribution in [0.1, 0.15) is 16.1 Å². The molecule has 0 saturated carbocycles. The number of morpholine rings is 1. The SMILES string of the molecule is O=C(OCc1coc(-c2ccccc2)n1)c1cc(S(=O)(=O)N2CCOCC2)c(Cl)cc1Cl. The number of carbonyl (C=O) groups excluding carboxylic acids is 1. The molecule has 0 unspecified atom stereocenters. The van der Waals surface area contributed by atoms with Crippen LogP contribution in [-0.4, -0.2) is 50.0 Å². The highest BCUT2D eigenvalue weighted by Gasteiger charge is 2.30. The summed E-state index contributed by atoms with van der Waals surface area (Å²) >= 11 is 12.3. The molecule has 0 atom stereocenters. The van der Waals surface area contributed by atoms with Gasteiger partial charge < -0.3 is 13.9 Å². The van der Waals surface area contributed by atoms with E-state index in [1.807, 2.05) is 30.3 Å². The first kappa shape index (κ1) is 22.8. The Morgan fingerprint density at radius 1 is 1.09 bits per heavy atom. The largest absolute Gasteiger partial charge is 0.455 e. The van der Waals surface area contributed by atoms with Crippen molar-refractivity contribution in [2.24, 2.45) is 0 Å². The molecule has 2 heterocycles. The number of esters is 1. The smallest absolute Gasteiger partial charge is 0.340 e. The normalized spacial score (nSPS) is 14.9. The molecule has 168 valence electrons. The van der Waals surface area contributed by atoms with Gasteiger partial charge in [0, 0.05) is 18.7 Å². The molecule has 4 rings (SSSR count). The highest BCUT2D eigenvalue weighted by molar-refractivity contribution is 7.89. The molecule has 0 aliphatic carbocycles. The summed E-state index contributed by atoms with van der Waals surface area (Å²) < 4.78 is 43.1. The monoisotopic (exact) mass is 496 g/mol. The van der Waals surface area contributed by atoms with Crippen molar-refractivity contribution in [3.63, 3.8) is 0 Å². The van der Waals surface area contributed by atoms with Crippen molar-refractivity contribution in [3.05, 3.63) is 70.0 Å². The van der Waals surface area contributed by atoms with E-state index in [4.69, 9.17) is 37.1 Å². The summed E-state index contributed by atoms with van der Waals surface area (Å²) in [6, 6.07) is 11.6. The van der Waals surface area contributed by atoms with E-state index >= 15 is 0 Å². The second kappa shape index (κ2) is 9.60. The lowest BCUT2D eigenvalue weighted by Crippen LogP contribution is -2.40. The van der Waals surface area contributed by atoms with Gasteiger partial charge in [-0.15, -0.1) is 0 Å². The summed E-state index contributed by atoms with van der Waals surface area (Å²) in [7, 11) is -3.93. The summed E-state index contributed by atoms with van der Waals surface area (Å²) in [5.74, 6) is -0.422. The molecule has 8 nitrogen and oxygen atoms in total. The first-order valence-corrected chi connectivity index (χ1v) is 11.8. The van der Waals surface area contributed by atoms with E-state index in [0.717, 1.165) is 11.6 Å². The molecule has 1 aliphatic rings. The van der Waals surface area contributed by atoms with Crippen LogP contribution in [0.4, 0.5) is 0 Å². The molecule has 0 amide bonds. The molecule has 1 fully saturated rings. The highest BCUT2D eigenvalue weighted by Crippen LogP contribution is 2.31. The molecule has 32 heavy (non-hydrogen) atoms. The lowest BCUT2D eigenvalue weighted by molar-refractivity contribution is 0.0467. The fourth-order valence-electron chi connectivity index (χ4n) is 3.11. The molecule has 0 bridgehead atoms. The standard InChI is InChI=1S/C21H18Cl2N2O6S/c22-17-11-18(23)19(32(27,28)25-6-8-29-9-7-25)10-16(17)21(26)31-13-15-12-30-20(24-15)14-4-2-1-3-5-14/h1-5,10-12H,6-9,13H2. The van der Waals surface area contributed by atoms with Crippen molar-refractivity contribution in [2.75, 3.05) is 26.3 Å². The van der Waals surface area contributed by atoms with Crippen molar-refractivity contribution in [3.8, 4) is 11.5 Å². The Kier molecular flexibility index (Phi) is 6.82. The third-order valence-electron chi connectivity index (χ3n) is 4.75. The molecule has 11 heteroatoms. The van der Waals surface area contributed by atoms with Crippen LogP contribution in [0.3, 0.4) is 0 Å². The van der Waals surface area contributed by atoms with Gasteiger partial charge in [-0.05, 0) is 24.3 Å². The average Bonchev–Trinajstić information content (AvgIpc) is 3.28. The van der Waals surface area contributed by atoms with Crippen LogP contribution in [0.2, 0.25) is 10.0 Å². The quantitative estimate of drug-likeness (QED) is 0.475. The third kappa shape index (κ3) is 4.82. The predicted octanol–water partition coefficient (Wildman–Crippen LogP) is 4.03. The fourth-order valence-corrected chi connectivity index (χ4v) is 5.35. The van der Waals surface area contributed by atoms with E-state index in [1.54, 1.807) is 0 Å². The lowest BCUT2D eigenvalue weighted by atomic mass is 10.2. The van der Waals surface area contributed by atoms with Gasteiger partial charge in [-0.2, -0.15) is 4.31 Å². The third-order valence-corrected chi connectivity index (χ3v) is 7.43. The number of oxazole rings is 1. The van der Waals surface area contributed by atoms with Crippen LogP contribution in [0.5, 0.6) is 0 Å². The minimum atomic E-state index is -3.93. The number of benzene rings is 2. The highest BCUT2D eigenvalue weighted by atomic mass is 35.5. The van der Waals surface area contributed by atoms with Crippen LogP contribution >= 0.6 is 23.2 Å². The Bertz CT molecular complexity index is 1220. The van der Waals surface area contributed by atoms with Crippen molar-refractivity contribution in [1.82, 2.24) is 9.29 Å². The topological polar surface area (TPSA) is 98.9 Å². The molecule has 3 aromatic rings. The maximum Gasteiger partial charge on any atom is 0.340 e. The van der Waals surface area contributed by atoms with Crippen LogP contribution in [0, 0.1) is 0 Å². The molecule has 0 N–H and O–H groups in total. The van der Waals surface area contributed by atoms with Gasteiger partial charge in [0.1, 0.15) is 23.5 Å². The maximum absolute atomic E-state index is 13.0.